The highest BCUT2D eigenvalue weighted by Gasteiger charge is 2.25. The number of pyridine rings is 1. The van der Waals surface area contributed by atoms with Crippen LogP contribution in [-0.4, -0.2) is 41.7 Å². The fraction of sp³-hybridized carbons (Fsp3) is 0.667. The Morgan fingerprint density at radius 2 is 2.17 bits per heavy atom. The zero-order chi connectivity index (χ0) is 17.0. The zero-order valence-electron chi connectivity index (χ0n) is 15.0. The molecule has 5 heteroatoms. The summed E-state index contributed by atoms with van der Waals surface area (Å²) in [4.78, 5) is 20.9. The molecule has 1 aliphatic heterocycles. The molecule has 0 aromatic carbocycles. The second-order valence-corrected chi connectivity index (χ2v) is 7.22. The van der Waals surface area contributed by atoms with Crippen molar-refractivity contribution < 1.29 is 9.53 Å². The standard InChI is InChI=1S/C18H29N3O2/c1-6-11-21(17(22)23-18(2,3)4)16-10-9-14(13-19-16)15-8-7-12-20(15)5/h9-10,13,15H,6-8,11-12H2,1-5H3. The summed E-state index contributed by atoms with van der Waals surface area (Å²) in [6, 6.07) is 4.46. The SMILES string of the molecule is CCCN(C(=O)OC(C)(C)C)c1ccc(C2CCCN2C)cn1. The predicted octanol–water partition coefficient (Wildman–Crippen LogP) is 4.00. The van der Waals surface area contributed by atoms with Crippen molar-refractivity contribution in [2.24, 2.45) is 0 Å². The van der Waals surface area contributed by atoms with Crippen molar-refractivity contribution in [3.63, 3.8) is 0 Å². The van der Waals surface area contributed by atoms with Gasteiger partial charge in [-0.15, -0.1) is 0 Å². The second kappa shape index (κ2) is 7.30. The van der Waals surface area contributed by atoms with Crippen LogP contribution >= 0.6 is 0 Å². The highest BCUT2D eigenvalue weighted by atomic mass is 16.6. The van der Waals surface area contributed by atoms with E-state index in [2.05, 4.69) is 23.0 Å². The first-order chi connectivity index (χ1) is 10.8. The highest BCUT2D eigenvalue weighted by molar-refractivity contribution is 5.86. The molecule has 1 aliphatic rings. The van der Waals surface area contributed by atoms with E-state index in [1.54, 1.807) is 4.90 Å². The summed E-state index contributed by atoms with van der Waals surface area (Å²) in [5, 5.41) is 0. The fourth-order valence-electron chi connectivity index (χ4n) is 2.93. The van der Waals surface area contributed by atoms with Crippen LogP contribution in [-0.2, 0) is 4.74 Å². The maximum absolute atomic E-state index is 12.4. The Hall–Kier alpha value is -1.62. The van der Waals surface area contributed by atoms with Crippen LogP contribution in [0.1, 0.15) is 58.6 Å². The smallest absolute Gasteiger partial charge is 0.416 e. The van der Waals surface area contributed by atoms with Gasteiger partial charge < -0.3 is 4.74 Å². The van der Waals surface area contributed by atoms with Gasteiger partial charge in [0.1, 0.15) is 11.4 Å². The van der Waals surface area contributed by atoms with E-state index >= 15 is 0 Å². The molecular weight excluding hydrogens is 290 g/mol. The van der Waals surface area contributed by atoms with Crippen molar-refractivity contribution >= 4 is 11.9 Å². The third-order valence-electron chi connectivity index (χ3n) is 4.01. The van der Waals surface area contributed by atoms with Gasteiger partial charge in [-0.25, -0.2) is 9.78 Å². The third kappa shape index (κ3) is 4.67. The lowest BCUT2D eigenvalue weighted by Gasteiger charge is -2.27. The van der Waals surface area contributed by atoms with Crippen LogP contribution in [0.2, 0.25) is 0 Å². The quantitative estimate of drug-likeness (QED) is 0.841. The van der Waals surface area contributed by atoms with Crippen LogP contribution < -0.4 is 4.90 Å². The molecule has 1 amide bonds. The van der Waals surface area contributed by atoms with Gasteiger partial charge in [0.05, 0.1) is 0 Å². The molecule has 1 aromatic rings. The Labute approximate surface area is 139 Å². The number of nitrogens with zero attached hydrogens (tertiary/aromatic N) is 3. The van der Waals surface area contributed by atoms with Crippen molar-refractivity contribution in [1.82, 2.24) is 9.88 Å². The number of hydrogen-bond acceptors (Lipinski definition) is 4. The molecule has 1 saturated heterocycles. The summed E-state index contributed by atoms with van der Waals surface area (Å²) in [7, 11) is 2.15. The van der Waals surface area contributed by atoms with Gasteiger partial charge in [0.2, 0.25) is 0 Å². The molecule has 0 N–H and O–H groups in total. The number of likely N-dealkylation sites (tertiary alicyclic amines) is 1. The van der Waals surface area contributed by atoms with E-state index in [-0.39, 0.29) is 6.09 Å². The van der Waals surface area contributed by atoms with Crippen LogP contribution in [0.3, 0.4) is 0 Å². The molecular formula is C18H29N3O2. The zero-order valence-corrected chi connectivity index (χ0v) is 15.0. The number of ether oxygens (including phenoxy) is 1. The molecule has 1 atom stereocenters. The van der Waals surface area contributed by atoms with Crippen LogP contribution in [0.15, 0.2) is 18.3 Å². The van der Waals surface area contributed by atoms with Gasteiger partial charge in [0, 0.05) is 18.8 Å². The number of hydrogen-bond donors (Lipinski definition) is 0. The van der Waals surface area contributed by atoms with E-state index in [1.165, 1.54) is 18.4 Å². The molecule has 0 radical (unpaired) electrons. The molecule has 1 unspecified atom stereocenters. The molecule has 5 nitrogen and oxygen atoms in total. The largest absolute Gasteiger partial charge is 0.443 e. The monoisotopic (exact) mass is 319 g/mol. The maximum atomic E-state index is 12.4. The van der Waals surface area contributed by atoms with Crippen LogP contribution in [0.25, 0.3) is 0 Å². The number of rotatable bonds is 4. The molecule has 0 bridgehead atoms. The molecule has 23 heavy (non-hydrogen) atoms. The van der Waals surface area contributed by atoms with E-state index in [0.29, 0.717) is 18.4 Å². The summed E-state index contributed by atoms with van der Waals surface area (Å²) in [6.07, 6.45) is 4.81. The summed E-state index contributed by atoms with van der Waals surface area (Å²) in [5.41, 5.74) is 0.713. The number of anilines is 1. The van der Waals surface area contributed by atoms with Gasteiger partial charge in [-0.3, -0.25) is 9.80 Å². The molecule has 128 valence electrons. The van der Waals surface area contributed by atoms with Crippen molar-refractivity contribution in [1.29, 1.82) is 0 Å². The average Bonchev–Trinajstić information content (AvgIpc) is 2.89. The topological polar surface area (TPSA) is 45.7 Å². The average molecular weight is 319 g/mol. The molecule has 1 aromatic heterocycles. The first-order valence-electron chi connectivity index (χ1n) is 8.48. The predicted molar refractivity (Wildman–Crippen MR) is 92.7 cm³/mol. The summed E-state index contributed by atoms with van der Waals surface area (Å²) in [6.45, 7) is 9.40. The molecule has 2 rings (SSSR count). The van der Waals surface area contributed by atoms with Crippen LogP contribution in [0.5, 0.6) is 0 Å². The number of amides is 1. The lowest BCUT2D eigenvalue weighted by Crippen LogP contribution is -2.37. The molecule has 2 heterocycles. The first kappa shape index (κ1) is 17.7. The van der Waals surface area contributed by atoms with Gasteiger partial charge >= 0.3 is 6.09 Å². The van der Waals surface area contributed by atoms with E-state index in [1.807, 2.05) is 40.0 Å². The van der Waals surface area contributed by atoms with Crippen molar-refractivity contribution in [3.8, 4) is 0 Å². The molecule has 0 saturated carbocycles. The highest BCUT2D eigenvalue weighted by Crippen LogP contribution is 2.30. The van der Waals surface area contributed by atoms with Gasteiger partial charge in [-0.1, -0.05) is 13.0 Å². The van der Waals surface area contributed by atoms with E-state index in [0.717, 1.165) is 13.0 Å². The summed E-state index contributed by atoms with van der Waals surface area (Å²) >= 11 is 0. The normalized spacial score (nSPS) is 18.9. The maximum Gasteiger partial charge on any atom is 0.416 e. The van der Waals surface area contributed by atoms with Gasteiger partial charge in [0.25, 0.3) is 0 Å². The minimum absolute atomic E-state index is 0.336. The third-order valence-corrected chi connectivity index (χ3v) is 4.01. The summed E-state index contributed by atoms with van der Waals surface area (Å²) < 4.78 is 5.49. The lowest BCUT2D eigenvalue weighted by molar-refractivity contribution is 0.0579. The summed E-state index contributed by atoms with van der Waals surface area (Å²) in [5.74, 6) is 0.658. The minimum atomic E-state index is -0.504. The Morgan fingerprint density at radius 3 is 2.65 bits per heavy atom. The number of carbonyl (C=O) groups is 1. The number of carbonyl (C=O) groups excluding carboxylic acids is 1. The Morgan fingerprint density at radius 1 is 1.43 bits per heavy atom. The molecule has 1 fully saturated rings. The lowest BCUT2D eigenvalue weighted by atomic mass is 10.1. The van der Waals surface area contributed by atoms with E-state index in [4.69, 9.17) is 4.74 Å². The Bertz CT molecular complexity index is 522. The fourth-order valence-corrected chi connectivity index (χ4v) is 2.93. The van der Waals surface area contributed by atoms with Crippen LogP contribution in [0.4, 0.5) is 10.6 Å². The first-order valence-corrected chi connectivity index (χ1v) is 8.48. The van der Waals surface area contributed by atoms with Gasteiger partial charge in [-0.2, -0.15) is 0 Å². The van der Waals surface area contributed by atoms with Crippen LogP contribution in [0, 0.1) is 0 Å². The molecule has 0 aliphatic carbocycles. The Kier molecular flexibility index (Phi) is 5.63. The number of aromatic nitrogens is 1. The molecule has 0 spiro atoms. The Balaban J connectivity index is 2.14. The van der Waals surface area contributed by atoms with E-state index < -0.39 is 5.60 Å². The van der Waals surface area contributed by atoms with E-state index in [9.17, 15) is 4.79 Å². The van der Waals surface area contributed by atoms with Crippen molar-refractivity contribution in [2.75, 3.05) is 25.0 Å². The van der Waals surface area contributed by atoms with Gasteiger partial charge in [-0.05, 0) is 65.3 Å². The van der Waals surface area contributed by atoms with Crippen molar-refractivity contribution in [3.05, 3.63) is 23.9 Å². The minimum Gasteiger partial charge on any atom is -0.443 e. The van der Waals surface area contributed by atoms with Crippen molar-refractivity contribution in [2.45, 2.75) is 58.6 Å². The van der Waals surface area contributed by atoms with Gasteiger partial charge in [0.15, 0.2) is 0 Å². The second-order valence-electron chi connectivity index (χ2n) is 7.22.